The molecule has 0 aliphatic carbocycles. The Morgan fingerprint density at radius 1 is 0.968 bits per heavy atom. The summed E-state index contributed by atoms with van der Waals surface area (Å²) in [5.74, 6) is 0. The highest BCUT2D eigenvalue weighted by Crippen LogP contribution is 2.22. The van der Waals surface area contributed by atoms with Crippen LogP contribution >= 0.6 is 11.6 Å². The van der Waals surface area contributed by atoms with Crippen molar-refractivity contribution < 1.29 is 8.42 Å². The summed E-state index contributed by atoms with van der Waals surface area (Å²) in [6.45, 7) is 1.88. The van der Waals surface area contributed by atoms with E-state index < -0.39 is 10.0 Å². The number of hydrogen-bond donors (Lipinski definition) is 1. The van der Waals surface area contributed by atoms with E-state index in [0.29, 0.717) is 36.8 Å². The van der Waals surface area contributed by atoms with Crippen molar-refractivity contribution >= 4 is 27.3 Å². The van der Waals surface area contributed by atoms with Crippen LogP contribution in [0.1, 0.15) is 24.0 Å². The molecule has 0 atom stereocenters. The summed E-state index contributed by atoms with van der Waals surface area (Å²) in [6, 6.07) is 16.3. The number of nitrogens with zero attached hydrogens (tertiary/aromatic N) is 3. The molecule has 0 radical (unpaired) electrons. The van der Waals surface area contributed by atoms with Crippen molar-refractivity contribution in [1.82, 2.24) is 14.1 Å². The average molecular weight is 459 g/mol. The average Bonchev–Trinajstić information content (AvgIpc) is 3.33. The van der Waals surface area contributed by atoms with E-state index in [4.69, 9.17) is 11.6 Å². The maximum Gasteiger partial charge on any atom is 0.287 e. The van der Waals surface area contributed by atoms with Gasteiger partial charge in [0.15, 0.2) is 0 Å². The van der Waals surface area contributed by atoms with Crippen molar-refractivity contribution in [2.75, 3.05) is 18.4 Å². The van der Waals surface area contributed by atoms with E-state index in [0.717, 1.165) is 24.0 Å². The van der Waals surface area contributed by atoms with Gasteiger partial charge in [-0.3, -0.25) is 4.79 Å². The molecule has 4 rings (SSSR count). The highest BCUT2D eigenvalue weighted by atomic mass is 35.5. The fraction of sp³-hybridized carbons (Fsp3) is 0.273. The van der Waals surface area contributed by atoms with Gasteiger partial charge < -0.3 is 5.32 Å². The molecule has 1 aliphatic rings. The lowest BCUT2D eigenvalue weighted by Gasteiger charge is -2.16. The number of rotatable bonds is 7. The number of hydrogen-bond acceptors (Lipinski definition) is 5. The zero-order valence-electron chi connectivity index (χ0n) is 16.9. The van der Waals surface area contributed by atoms with Gasteiger partial charge in [0.25, 0.3) is 5.56 Å². The fourth-order valence-electron chi connectivity index (χ4n) is 3.51. The molecular weight excluding hydrogens is 436 g/mol. The summed E-state index contributed by atoms with van der Waals surface area (Å²) in [4.78, 5) is 12.8. The molecule has 1 N–H and O–H groups in total. The van der Waals surface area contributed by atoms with E-state index in [1.165, 1.54) is 15.2 Å². The largest absolute Gasteiger partial charge is 0.378 e. The zero-order valence-corrected chi connectivity index (χ0v) is 18.4. The Bertz CT molecular complexity index is 1210. The normalized spacial score (nSPS) is 14.6. The number of sulfonamides is 1. The van der Waals surface area contributed by atoms with Crippen molar-refractivity contribution in [2.24, 2.45) is 0 Å². The van der Waals surface area contributed by atoms with Crippen molar-refractivity contribution in [2.45, 2.75) is 30.8 Å². The number of nitrogens with one attached hydrogen (secondary N) is 1. The van der Waals surface area contributed by atoms with E-state index in [2.05, 4.69) is 10.4 Å². The summed E-state index contributed by atoms with van der Waals surface area (Å²) in [5, 5.41) is 7.39. The van der Waals surface area contributed by atoms with Gasteiger partial charge in [-0.1, -0.05) is 54.1 Å². The third-order valence-electron chi connectivity index (χ3n) is 5.27. The summed E-state index contributed by atoms with van der Waals surface area (Å²) in [7, 11) is -3.43. The van der Waals surface area contributed by atoms with E-state index in [-0.39, 0.29) is 10.6 Å². The monoisotopic (exact) mass is 458 g/mol. The lowest BCUT2D eigenvalue weighted by molar-refractivity contribution is 0.477. The Balaban J connectivity index is 1.43. The molecule has 1 aliphatic heterocycles. The van der Waals surface area contributed by atoms with Gasteiger partial charge in [-0.15, -0.1) is 0 Å². The van der Waals surface area contributed by atoms with E-state index >= 15 is 0 Å². The van der Waals surface area contributed by atoms with E-state index in [1.807, 2.05) is 30.3 Å². The van der Waals surface area contributed by atoms with Gasteiger partial charge in [0.05, 0.1) is 23.3 Å². The lowest BCUT2D eigenvalue weighted by atomic mass is 10.2. The summed E-state index contributed by atoms with van der Waals surface area (Å²) < 4.78 is 28.1. The third kappa shape index (κ3) is 4.81. The maximum atomic E-state index is 12.6. The fourth-order valence-corrected chi connectivity index (χ4v) is 5.24. The van der Waals surface area contributed by atoms with Crippen LogP contribution in [0.4, 0.5) is 5.69 Å². The Labute approximate surface area is 186 Å². The van der Waals surface area contributed by atoms with Crippen LogP contribution in [0.25, 0.3) is 0 Å². The Morgan fingerprint density at radius 2 is 1.65 bits per heavy atom. The molecule has 1 aromatic heterocycles. The van der Waals surface area contributed by atoms with E-state index in [1.54, 1.807) is 24.3 Å². The van der Waals surface area contributed by atoms with Gasteiger partial charge in [0, 0.05) is 19.6 Å². The Hall–Kier alpha value is -2.68. The molecule has 1 fully saturated rings. The highest BCUT2D eigenvalue weighted by Gasteiger charge is 2.26. The zero-order chi connectivity index (χ0) is 21.8. The molecule has 2 aromatic carbocycles. The number of halogens is 1. The molecule has 31 heavy (non-hydrogen) atoms. The van der Waals surface area contributed by atoms with Crippen LogP contribution in [-0.2, 0) is 23.1 Å². The predicted octanol–water partition coefficient (Wildman–Crippen LogP) is 3.34. The van der Waals surface area contributed by atoms with Crippen LogP contribution in [0.3, 0.4) is 0 Å². The molecule has 3 aromatic rings. The molecule has 1 saturated heterocycles. The summed E-state index contributed by atoms with van der Waals surface area (Å²) in [5.41, 5.74) is 1.88. The maximum absolute atomic E-state index is 12.6. The van der Waals surface area contributed by atoms with Gasteiger partial charge in [-0.2, -0.15) is 9.40 Å². The van der Waals surface area contributed by atoms with E-state index in [9.17, 15) is 13.2 Å². The number of anilines is 1. The number of benzene rings is 2. The smallest absolute Gasteiger partial charge is 0.287 e. The van der Waals surface area contributed by atoms with Crippen molar-refractivity contribution in [3.63, 3.8) is 0 Å². The van der Waals surface area contributed by atoms with Crippen molar-refractivity contribution in [3.8, 4) is 0 Å². The van der Waals surface area contributed by atoms with Gasteiger partial charge in [0.1, 0.15) is 5.02 Å². The van der Waals surface area contributed by atoms with Crippen LogP contribution in [0.5, 0.6) is 0 Å². The molecule has 9 heteroatoms. The first kappa shape index (κ1) is 21.5. The van der Waals surface area contributed by atoms with Crippen LogP contribution < -0.4 is 10.9 Å². The van der Waals surface area contributed by atoms with Crippen LogP contribution in [0, 0.1) is 0 Å². The molecule has 0 saturated carbocycles. The first-order chi connectivity index (χ1) is 14.9. The second-order valence-corrected chi connectivity index (χ2v) is 9.75. The highest BCUT2D eigenvalue weighted by molar-refractivity contribution is 7.89. The molecule has 0 unspecified atom stereocenters. The summed E-state index contributed by atoms with van der Waals surface area (Å²) in [6.07, 6.45) is 3.33. The van der Waals surface area contributed by atoms with Crippen molar-refractivity contribution in [3.05, 3.63) is 87.3 Å². The Kier molecular flexibility index (Phi) is 6.41. The second-order valence-electron chi connectivity index (χ2n) is 7.43. The molecule has 7 nitrogen and oxygen atoms in total. The first-order valence-electron chi connectivity index (χ1n) is 10.1. The molecule has 162 valence electrons. The van der Waals surface area contributed by atoms with Crippen molar-refractivity contribution in [1.29, 1.82) is 0 Å². The minimum atomic E-state index is -3.43. The van der Waals surface area contributed by atoms with Gasteiger partial charge >= 0.3 is 0 Å². The van der Waals surface area contributed by atoms with Gasteiger partial charge in [0.2, 0.25) is 10.0 Å². The van der Waals surface area contributed by atoms with Crippen LogP contribution in [0.2, 0.25) is 5.02 Å². The SMILES string of the molecule is O=c1c(Cl)c(NCc2ccc(S(=O)(=O)N3CCCC3)cc2)cnn1Cc1ccccc1. The second kappa shape index (κ2) is 9.21. The molecule has 0 amide bonds. The van der Waals surface area contributed by atoms with Gasteiger partial charge in [-0.05, 0) is 36.1 Å². The quantitative estimate of drug-likeness (QED) is 0.587. The molecule has 2 heterocycles. The third-order valence-corrected chi connectivity index (χ3v) is 7.55. The Morgan fingerprint density at radius 3 is 2.32 bits per heavy atom. The van der Waals surface area contributed by atoms with Gasteiger partial charge in [-0.25, -0.2) is 13.1 Å². The molecular formula is C22H23ClN4O3S. The van der Waals surface area contributed by atoms with Crippen LogP contribution in [0.15, 0.2) is 70.5 Å². The lowest BCUT2D eigenvalue weighted by Crippen LogP contribution is -2.27. The first-order valence-corrected chi connectivity index (χ1v) is 11.9. The summed E-state index contributed by atoms with van der Waals surface area (Å²) >= 11 is 6.27. The topological polar surface area (TPSA) is 84.3 Å². The standard InChI is InChI=1S/C22H23ClN4O3S/c23-21-20(15-25-27(22(21)28)16-18-6-2-1-3-7-18)24-14-17-8-10-19(11-9-17)31(29,30)26-12-4-5-13-26/h1-3,6-11,15,24H,4-5,12-14,16H2. The van der Waals surface area contributed by atoms with Crippen LogP contribution in [-0.4, -0.2) is 35.6 Å². The molecule has 0 spiro atoms. The minimum Gasteiger partial charge on any atom is -0.378 e. The minimum absolute atomic E-state index is 0.0687. The predicted molar refractivity (Wildman–Crippen MR) is 121 cm³/mol. The molecule has 0 bridgehead atoms. The number of aromatic nitrogens is 2.